The van der Waals surface area contributed by atoms with E-state index >= 15 is 0 Å². The van der Waals surface area contributed by atoms with Crippen LogP contribution in [-0.4, -0.2) is 18.1 Å². The Bertz CT molecular complexity index is 359. The Kier molecular flexibility index (Phi) is 3.14. The summed E-state index contributed by atoms with van der Waals surface area (Å²) >= 11 is 3.58. The summed E-state index contributed by atoms with van der Waals surface area (Å²) in [5.74, 6) is 1.04. The average Bonchev–Trinajstić information content (AvgIpc) is 2.27. The molecule has 0 bridgehead atoms. The van der Waals surface area contributed by atoms with Gasteiger partial charge in [0, 0.05) is 13.1 Å². The van der Waals surface area contributed by atoms with Crippen LogP contribution in [0.5, 0.6) is 0 Å². The first-order chi connectivity index (χ1) is 7.20. The molecule has 1 saturated heterocycles. The lowest BCUT2D eigenvalue weighted by Crippen LogP contribution is -2.30. The molecule has 4 heteroatoms. The van der Waals surface area contributed by atoms with Crippen molar-refractivity contribution in [1.29, 1.82) is 0 Å². The van der Waals surface area contributed by atoms with Crippen molar-refractivity contribution in [2.24, 2.45) is 0 Å². The van der Waals surface area contributed by atoms with Crippen molar-refractivity contribution in [2.45, 2.75) is 26.2 Å². The molecule has 2 N–H and O–H groups in total. The molecule has 1 aromatic rings. The molecule has 0 aliphatic carbocycles. The van der Waals surface area contributed by atoms with Crippen LogP contribution >= 0.6 is 15.9 Å². The van der Waals surface area contributed by atoms with Gasteiger partial charge in [0.2, 0.25) is 0 Å². The lowest BCUT2D eigenvalue weighted by molar-refractivity contribution is 0.572. The van der Waals surface area contributed by atoms with Crippen LogP contribution in [0.15, 0.2) is 10.7 Å². The summed E-state index contributed by atoms with van der Waals surface area (Å²) in [5, 5.41) is 0. The van der Waals surface area contributed by atoms with Crippen molar-refractivity contribution >= 4 is 27.4 Å². The molecule has 0 aromatic carbocycles. The number of piperidine rings is 1. The van der Waals surface area contributed by atoms with Gasteiger partial charge in [-0.05, 0) is 47.7 Å². The lowest BCUT2D eigenvalue weighted by Gasteiger charge is -2.29. The van der Waals surface area contributed by atoms with Crippen molar-refractivity contribution in [2.75, 3.05) is 23.7 Å². The minimum Gasteiger partial charge on any atom is -0.397 e. The number of nitrogens with zero attached hydrogens (tertiary/aromatic N) is 2. The summed E-state index contributed by atoms with van der Waals surface area (Å²) in [6.45, 7) is 4.23. The second-order valence-electron chi connectivity index (χ2n) is 4.02. The van der Waals surface area contributed by atoms with E-state index in [-0.39, 0.29) is 0 Å². The van der Waals surface area contributed by atoms with Gasteiger partial charge in [-0.15, -0.1) is 0 Å². The Morgan fingerprint density at radius 3 is 2.67 bits per heavy atom. The smallest absolute Gasteiger partial charge is 0.143 e. The predicted octanol–water partition coefficient (Wildman–Crippen LogP) is 2.73. The SMILES string of the molecule is Cc1c(N)cnc(N2CCCCC2)c1Br. The summed E-state index contributed by atoms with van der Waals surface area (Å²) in [7, 11) is 0. The zero-order valence-corrected chi connectivity index (χ0v) is 10.5. The third kappa shape index (κ3) is 2.09. The van der Waals surface area contributed by atoms with Crippen LogP contribution in [-0.2, 0) is 0 Å². The maximum absolute atomic E-state index is 5.81. The summed E-state index contributed by atoms with van der Waals surface area (Å²) in [6, 6.07) is 0. The van der Waals surface area contributed by atoms with Crippen LogP contribution in [0.25, 0.3) is 0 Å². The highest BCUT2D eigenvalue weighted by Gasteiger charge is 2.16. The van der Waals surface area contributed by atoms with Gasteiger partial charge in [0.1, 0.15) is 5.82 Å². The van der Waals surface area contributed by atoms with Gasteiger partial charge in [0.15, 0.2) is 0 Å². The molecule has 3 nitrogen and oxygen atoms in total. The minimum absolute atomic E-state index is 0.752. The second-order valence-corrected chi connectivity index (χ2v) is 4.82. The Hall–Kier alpha value is -0.770. The van der Waals surface area contributed by atoms with Crippen molar-refractivity contribution in [1.82, 2.24) is 4.98 Å². The Morgan fingerprint density at radius 2 is 2.00 bits per heavy atom. The molecule has 0 saturated carbocycles. The number of hydrogen-bond donors (Lipinski definition) is 1. The van der Waals surface area contributed by atoms with Crippen molar-refractivity contribution in [3.8, 4) is 0 Å². The number of rotatable bonds is 1. The van der Waals surface area contributed by atoms with Crippen LogP contribution in [0.3, 0.4) is 0 Å². The Balaban J connectivity index is 2.31. The first kappa shape index (κ1) is 10.7. The molecular weight excluding hydrogens is 254 g/mol. The maximum Gasteiger partial charge on any atom is 0.143 e. The van der Waals surface area contributed by atoms with E-state index in [4.69, 9.17) is 5.73 Å². The number of anilines is 2. The molecule has 2 rings (SSSR count). The zero-order chi connectivity index (χ0) is 10.8. The average molecular weight is 270 g/mol. The molecule has 1 aliphatic rings. The molecule has 1 fully saturated rings. The number of halogens is 1. The molecule has 0 spiro atoms. The van der Waals surface area contributed by atoms with Crippen molar-refractivity contribution in [3.63, 3.8) is 0 Å². The largest absolute Gasteiger partial charge is 0.397 e. The van der Waals surface area contributed by atoms with Gasteiger partial charge < -0.3 is 10.6 Å². The van der Waals surface area contributed by atoms with E-state index in [1.165, 1.54) is 19.3 Å². The van der Waals surface area contributed by atoms with E-state index in [1.54, 1.807) is 6.20 Å². The highest BCUT2D eigenvalue weighted by atomic mass is 79.9. The number of aromatic nitrogens is 1. The van der Waals surface area contributed by atoms with Gasteiger partial charge in [0.05, 0.1) is 16.4 Å². The second kappa shape index (κ2) is 4.39. The van der Waals surface area contributed by atoms with Gasteiger partial charge in [0.25, 0.3) is 0 Å². The fraction of sp³-hybridized carbons (Fsp3) is 0.545. The maximum atomic E-state index is 5.81. The quantitative estimate of drug-likeness (QED) is 0.853. The number of hydrogen-bond acceptors (Lipinski definition) is 3. The highest BCUT2D eigenvalue weighted by molar-refractivity contribution is 9.10. The normalized spacial score (nSPS) is 16.8. The minimum atomic E-state index is 0.752. The molecule has 15 heavy (non-hydrogen) atoms. The predicted molar refractivity (Wildman–Crippen MR) is 67.2 cm³/mol. The summed E-state index contributed by atoms with van der Waals surface area (Å²) in [5.41, 5.74) is 7.65. The van der Waals surface area contributed by atoms with Crippen LogP contribution in [0.4, 0.5) is 11.5 Å². The molecular formula is C11H16BrN3. The molecule has 0 atom stereocenters. The van der Waals surface area contributed by atoms with Crippen LogP contribution in [0.2, 0.25) is 0 Å². The topological polar surface area (TPSA) is 42.1 Å². The molecule has 82 valence electrons. The number of nitrogens with two attached hydrogens (primary N) is 1. The fourth-order valence-electron chi connectivity index (χ4n) is 1.90. The highest BCUT2D eigenvalue weighted by Crippen LogP contribution is 2.31. The van der Waals surface area contributed by atoms with Crippen LogP contribution in [0.1, 0.15) is 24.8 Å². The molecule has 1 aromatic heterocycles. The monoisotopic (exact) mass is 269 g/mol. The standard InChI is InChI=1S/C11H16BrN3/c1-8-9(13)7-14-11(10(8)12)15-5-3-2-4-6-15/h7H,2-6,13H2,1H3. The number of nitrogen functional groups attached to an aromatic ring is 1. The zero-order valence-electron chi connectivity index (χ0n) is 8.96. The first-order valence-corrected chi connectivity index (χ1v) is 6.15. The third-order valence-electron chi connectivity index (χ3n) is 2.94. The molecule has 1 aliphatic heterocycles. The van der Waals surface area contributed by atoms with E-state index in [0.29, 0.717) is 0 Å². The lowest BCUT2D eigenvalue weighted by atomic mass is 10.1. The fourth-order valence-corrected chi connectivity index (χ4v) is 2.49. The van der Waals surface area contributed by atoms with Crippen LogP contribution < -0.4 is 10.6 Å². The van der Waals surface area contributed by atoms with Gasteiger partial charge in [-0.25, -0.2) is 4.98 Å². The van der Waals surface area contributed by atoms with Gasteiger partial charge in [-0.3, -0.25) is 0 Å². The van der Waals surface area contributed by atoms with Gasteiger partial charge in [-0.2, -0.15) is 0 Å². The molecule has 0 amide bonds. The Labute approximate surface area is 98.8 Å². The number of pyridine rings is 1. The Morgan fingerprint density at radius 1 is 1.33 bits per heavy atom. The third-order valence-corrected chi connectivity index (χ3v) is 3.89. The summed E-state index contributed by atoms with van der Waals surface area (Å²) < 4.78 is 1.05. The molecule has 0 unspecified atom stereocenters. The molecule has 0 radical (unpaired) electrons. The van der Waals surface area contributed by atoms with E-state index in [2.05, 4.69) is 25.8 Å². The van der Waals surface area contributed by atoms with Crippen molar-refractivity contribution in [3.05, 3.63) is 16.2 Å². The van der Waals surface area contributed by atoms with Gasteiger partial charge >= 0.3 is 0 Å². The van der Waals surface area contributed by atoms with E-state index in [9.17, 15) is 0 Å². The van der Waals surface area contributed by atoms with Crippen molar-refractivity contribution < 1.29 is 0 Å². The summed E-state index contributed by atoms with van der Waals surface area (Å²) in [6.07, 6.45) is 5.61. The van der Waals surface area contributed by atoms with Crippen LogP contribution in [0, 0.1) is 6.92 Å². The summed E-state index contributed by atoms with van der Waals surface area (Å²) in [4.78, 5) is 6.75. The van der Waals surface area contributed by atoms with E-state index in [1.807, 2.05) is 6.92 Å². The van der Waals surface area contributed by atoms with Gasteiger partial charge in [-0.1, -0.05) is 0 Å². The molecule has 2 heterocycles. The first-order valence-electron chi connectivity index (χ1n) is 5.35. The van der Waals surface area contributed by atoms with E-state index < -0.39 is 0 Å². The van der Waals surface area contributed by atoms with E-state index in [0.717, 1.165) is 34.6 Å².